The van der Waals surface area contributed by atoms with E-state index in [1.165, 1.54) is 5.56 Å². The number of piperidine rings is 1. The zero-order valence-corrected chi connectivity index (χ0v) is 11.7. The lowest BCUT2D eigenvalue weighted by Gasteiger charge is -2.33. The van der Waals surface area contributed by atoms with Crippen LogP contribution in [0.2, 0.25) is 0 Å². The Morgan fingerprint density at radius 3 is 2.41 bits per heavy atom. The first-order chi connectivity index (χ1) is 8.18. The Balaban J connectivity index is 1.95. The maximum Gasteiger partial charge on any atom is 0.306 e. The molecule has 3 nitrogen and oxygen atoms in total. The number of halogens is 1. The molecule has 0 saturated carbocycles. The van der Waals surface area contributed by atoms with Gasteiger partial charge in [0.05, 0.1) is 9.97 Å². The quantitative estimate of drug-likeness (QED) is 0.520. The first kappa shape index (κ1) is 12.8. The number of aliphatic carboxylic acids is 1. The number of benzene rings is 1. The van der Waals surface area contributed by atoms with Gasteiger partial charge in [-0.3, -0.25) is 9.69 Å². The van der Waals surface area contributed by atoms with Crippen molar-refractivity contribution in [3.05, 3.63) is 35.9 Å². The minimum absolute atomic E-state index is 0.148. The lowest BCUT2D eigenvalue weighted by molar-refractivity contribution is -0.143. The molecular formula is C13H16INO2. The molecule has 1 saturated heterocycles. The fraction of sp³-hybridized carbons (Fsp3) is 0.462. The smallest absolute Gasteiger partial charge is 0.306 e. The second-order valence-electron chi connectivity index (χ2n) is 4.39. The van der Waals surface area contributed by atoms with Crippen LogP contribution in [0.3, 0.4) is 0 Å². The average molecular weight is 345 g/mol. The van der Waals surface area contributed by atoms with E-state index in [1.807, 2.05) is 18.2 Å². The maximum absolute atomic E-state index is 10.9. The molecule has 0 radical (unpaired) electrons. The Bertz CT molecular complexity index is 374. The Morgan fingerprint density at radius 1 is 1.29 bits per heavy atom. The van der Waals surface area contributed by atoms with Crippen molar-refractivity contribution in [1.29, 1.82) is 0 Å². The Kier molecular flexibility index (Phi) is 4.39. The van der Waals surface area contributed by atoms with Crippen molar-refractivity contribution < 1.29 is 9.90 Å². The number of alkyl halides is 1. The lowest BCUT2D eigenvalue weighted by atomic mass is 9.97. The number of carboxylic acid groups (broad SMARTS) is 1. The first-order valence-electron chi connectivity index (χ1n) is 5.84. The van der Waals surface area contributed by atoms with Crippen molar-refractivity contribution in [2.24, 2.45) is 5.92 Å². The van der Waals surface area contributed by atoms with E-state index >= 15 is 0 Å². The summed E-state index contributed by atoms with van der Waals surface area (Å²) in [6.45, 7) is 1.75. The van der Waals surface area contributed by atoms with Crippen LogP contribution in [-0.2, 0) is 4.79 Å². The van der Waals surface area contributed by atoms with Crippen molar-refractivity contribution in [1.82, 2.24) is 4.90 Å². The Morgan fingerprint density at radius 2 is 1.88 bits per heavy atom. The molecule has 92 valence electrons. The number of nitrogens with zero attached hydrogens (tertiary/aromatic N) is 1. The number of carbonyl (C=O) groups is 1. The third-order valence-electron chi connectivity index (χ3n) is 3.27. The zero-order chi connectivity index (χ0) is 12.3. The van der Waals surface area contributed by atoms with Crippen LogP contribution in [0.25, 0.3) is 0 Å². The number of rotatable bonds is 3. The molecule has 1 N–H and O–H groups in total. The van der Waals surface area contributed by atoms with E-state index in [4.69, 9.17) is 5.11 Å². The second kappa shape index (κ2) is 5.82. The number of likely N-dealkylation sites (tertiary alicyclic amines) is 1. The summed E-state index contributed by atoms with van der Waals surface area (Å²) >= 11 is 2.43. The summed E-state index contributed by atoms with van der Waals surface area (Å²) in [6, 6.07) is 10.4. The van der Waals surface area contributed by atoms with E-state index < -0.39 is 5.97 Å². The van der Waals surface area contributed by atoms with E-state index in [-0.39, 0.29) is 5.92 Å². The molecule has 1 aliphatic rings. The van der Waals surface area contributed by atoms with Crippen LogP contribution in [0.5, 0.6) is 0 Å². The van der Waals surface area contributed by atoms with Gasteiger partial charge in [-0.1, -0.05) is 52.9 Å². The molecule has 1 fully saturated rings. The van der Waals surface area contributed by atoms with Crippen LogP contribution < -0.4 is 0 Å². The second-order valence-corrected chi connectivity index (χ2v) is 5.57. The van der Waals surface area contributed by atoms with Gasteiger partial charge in [0.2, 0.25) is 0 Å². The molecule has 0 aliphatic carbocycles. The average Bonchev–Trinajstić information content (AvgIpc) is 2.39. The molecular weight excluding hydrogens is 329 g/mol. The van der Waals surface area contributed by atoms with E-state index in [0.717, 1.165) is 25.9 Å². The molecule has 1 atom stereocenters. The molecule has 1 aromatic carbocycles. The van der Waals surface area contributed by atoms with Crippen molar-refractivity contribution in [2.45, 2.75) is 16.9 Å². The summed E-state index contributed by atoms with van der Waals surface area (Å²) in [5, 5.41) is 8.96. The number of hydrogen-bond donors (Lipinski definition) is 1. The Hall–Kier alpha value is -0.620. The van der Waals surface area contributed by atoms with Crippen LogP contribution in [0, 0.1) is 5.92 Å². The van der Waals surface area contributed by atoms with Gasteiger partial charge in [-0.25, -0.2) is 0 Å². The molecule has 1 heterocycles. The van der Waals surface area contributed by atoms with Gasteiger partial charge >= 0.3 is 5.97 Å². The van der Waals surface area contributed by atoms with Crippen molar-refractivity contribution in [3.63, 3.8) is 0 Å². The molecule has 17 heavy (non-hydrogen) atoms. The van der Waals surface area contributed by atoms with Gasteiger partial charge < -0.3 is 5.11 Å². The van der Waals surface area contributed by atoms with Gasteiger partial charge in [-0.2, -0.15) is 0 Å². The van der Waals surface area contributed by atoms with Crippen molar-refractivity contribution >= 4 is 28.6 Å². The van der Waals surface area contributed by atoms with Crippen LogP contribution in [-0.4, -0.2) is 29.1 Å². The largest absolute Gasteiger partial charge is 0.481 e. The van der Waals surface area contributed by atoms with Crippen molar-refractivity contribution in [3.8, 4) is 0 Å². The van der Waals surface area contributed by atoms with E-state index in [2.05, 4.69) is 39.6 Å². The van der Waals surface area contributed by atoms with Gasteiger partial charge in [0.25, 0.3) is 0 Å². The first-order valence-corrected chi connectivity index (χ1v) is 7.09. The third-order valence-corrected chi connectivity index (χ3v) is 4.78. The highest BCUT2D eigenvalue weighted by molar-refractivity contribution is 14.1. The van der Waals surface area contributed by atoms with E-state index in [0.29, 0.717) is 4.05 Å². The topological polar surface area (TPSA) is 40.5 Å². The number of carboxylic acids is 1. The summed E-state index contributed by atoms with van der Waals surface area (Å²) in [5.74, 6) is -0.792. The summed E-state index contributed by atoms with van der Waals surface area (Å²) < 4.78 is 0.351. The predicted octanol–water partition coefficient (Wildman–Crippen LogP) is 2.92. The van der Waals surface area contributed by atoms with Gasteiger partial charge in [-0.15, -0.1) is 0 Å². The van der Waals surface area contributed by atoms with Gasteiger partial charge in [0.15, 0.2) is 0 Å². The number of hydrogen-bond acceptors (Lipinski definition) is 2. The molecule has 2 rings (SSSR count). The highest BCUT2D eigenvalue weighted by atomic mass is 127. The summed E-state index contributed by atoms with van der Waals surface area (Å²) in [4.78, 5) is 13.2. The molecule has 4 heteroatoms. The highest BCUT2D eigenvalue weighted by Crippen LogP contribution is 2.31. The fourth-order valence-corrected chi connectivity index (χ4v) is 3.17. The van der Waals surface area contributed by atoms with E-state index in [9.17, 15) is 4.79 Å². The highest BCUT2D eigenvalue weighted by Gasteiger charge is 2.27. The Labute approximate surface area is 115 Å². The summed E-state index contributed by atoms with van der Waals surface area (Å²) in [7, 11) is 0. The SMILES string of the molecule is O=C(O)C1CCN(C(I)c2ccccc2)CC1. The molecule has 0 aromatic heterocycles. The zero-order valence-electron chi connectivity index (χ0n) is 9.55. The van der Waals surface area contributed by atoms with Crippen molar-refractivity contribution in [2.75, 3.05) is 13.1 Å². The molecule has 1 aliphatic heterocycles. The van der Waals surface area contributed by atoms with Crippen LogP contribution in [0.4, 0.5) is 0 Å². The fourth-order valence-electron chi connectivity index (χ4n) is 2.20. The summed E-state index contributed by atoms with van der Waals surface area (Å²) in [6.07, 6.45) is 1.53. The normalized spacial score (nSPS) is 20.1. The van der Waals surface area contributed by atoms with Gasteiger partial charge in [0.1, 0.15) is 0 Å². The molecule has 0 amide bonds. The molecule has 0 bridgehead atoms. The summed E-state index contributed by atoms with van der Waals surface area (Å²) in [5.41, 5.74) is 1.29. The van der Waals surface area contributed by atoms with Gasteiger partial charge in [-0.05, 0) is 18.4 Å². The standard InChI is InChI=1S/C13H16INO2/c14-12(10-4-2-1-3-5-10)15-8-6-11(7-9-15)13(16)17/h1-5,11-12H,6-9H2,(H,16,17). The molecule has 1 unspecified atom stereocenters. The third kappa shape index (κ3) is 3.19. The maximum atomic E-state index is 10.9. The molecule has 1 aromatic rings. The minimum Gasteiger partial charge on any atom is -0.481 e. The van der Waals surface area contributed by atoms with Gasteiger partial charge in [0, 0.05) is 13.1 Å². The van der Waals surface area contributed by atoms with Crippen LogP contribution >= 0.6 is 22.6 Å². The lowest BCUT2D eigenvalue weighted by Crippen LogP contribution is -2.36. The van der Waals surface area contributed by atoms with Crippen LogP contribution in [0.1, 0.15) is 22.5 Å². The minimum atomic E-state index is -0.644. The van der Waals surface area contributed by atoms with E-state index in [1.54, 1.807) is 0 Å². The predicted molar refractivity (Wildman–Crippen MR) is 75.1 cm³/mol. The van der Waals surface area contributed by atoms with Crippen LogP contribution in [0.15, 0.2) is 30.3 Å². The monoisotopic (exact) mass is 345 g/mol. The molecule has 0 spiro atoms.